The topological polar surface area (TPSA) is 94.9 Å². The molecule has 3 heterocycles. The number of ether oxygens (including phenoxy) is 1. The lowest BCUT2D eigenvalue weighted by molar-refractivity contribution is -0.191. The van der Waals surface area contributed by atoms with Crippen LogP contribution in [0.5, 0.6) is 11.5 Å². The third-order valence-electron chi connectivity index (χ3n) is 9.07. The highest BCUT2D eigenvalue weighted by Crippen LogP contribution is 2.65. The second-order valence-electron chi connectivity index (χ2n) is 10.8. The third-order valence-corrected chi connectivity index (χ3v) is 9.50. The van der Waals surface area contributed by atoms with E-state index in [4.69, 9.17) is 4.74 Å². The summed E-state index contributed by atoms with van der Waals surface area (Å²) in [5.41, 5.74) is 1.09. The Balaban J connectivity index is 1.29. The summed E-state index contributed by atoms with van der Waals surface area (Å²) in [6, 6.07) is 6.88. The summed E-state index contributed by atoms with van der Waals surface area (Å²) in [6.07, 6.45) is 6.49. The first-order chi connectivity index (χ1) is 16.4. The fourth-order valence-corrected chi connectivity index (χ4v) is 7.79. The second kappa shape index (κ2) is 7.18. The van der Waals surface area contributed by atoms with Gasteiger partial charge in [0.2, 0.25) is 0 Å². The van der Waals surface area contributed by atoms with E-state index in [1.165, 1.54) is 12.8 Å². The van der Waals surface area contributed by atoms with Crippen molar-refractivity contribution in [1.82, 2.24) is 15.2 Å². The number of likely N-dealkylation sites (tertiary alicyclic amines) is 1. The molecule has 7 rings (SSSR count). The number of hydrogen-bond donors (Lipinski definition) is 3. The van der Waals surface area contributed by atoms with Crippen molar-refractivity contribution in [3.05, 3.63) is 51.8 Å². The number of phenols is 1. The van der Waals surface area contributed by atoms with Crippen molar-refractivity contribution in [3.63, 3.8) is 0 Å². The standard InChI is InChI=1S/C26H28BrN3O4/c27-20-12-16(6-9-28-20)24(32)29-17-5-7-26(33)19-11-15-3-4-18(31)22-21(15)25(26,23(17)34-22)8-10-30(19)13-14-1-2-14/h3-4,6,9,12,14,17,19,23,31,33H,1-2,5,7-8,10-11,13H2,(H,29,32)/t17-,19?,23+,25+,26?/m1/s1. The number of carbonyl (C=O) groups excluding carboxylic acids is 1. The number of amides is 1. The van der Waals surface area contributed by atoms with Gasteiger partial charge in [-0.05, 0) is 90.7 Å². The van der Waals surface area contributed by atoms with Crippen LogP contribution >= 0.6 is 15.9 Å². The second-order valence-corrected chi connectivity index (χ2v) is 11.6. The van der Waals surface area contributed by atoms with E-state index in [-0.39, 0.29) is 23.7 Å². The van der Waals surface area contributed by atoms with Gasteiger partial charge in [0.25, 0.3) is 5.91 Å². The molecule has 7 nitrogen and oxygen atoms in total. The SMILES string of the molecule is O=C(N[C@@H]1CCC2(O)C3Cc4ccc(O)c5c4[C@@]2(CCN3CC2CC2)[C@H]1O5)c1ccnc(Br)c1. The third kappa shape index (κ3) is 2.76. The molecule has 2 aromatic rings. The Bertz CT molecular complexity index is 1200. The molecular weight excluding hydrogens is 498 g/mol. The van der Waals surface area contributed by atoms with Crippen molar-refractivity contribution in [2.45, 2.75) is 67.7 Å². The zero-order chi connectivity index (χ0) is 23.2. The van der Waals surface area contributed by atoms with Crippen molar-refractivity contribution in [3.8, 4) is 11.5 Å². The van der Waals surface area contributed by atoms with Crippen molar-refractivity contribution >= 4 is 21.8 Å². The van der Waals surface area contributed by atoms with Gasteiger partial charge in [0.1, 0.15) is 10.7 Å². The number of carbonyl (C=O) groups is 1. The number of benzene rings is 1. The summed E-state index contributed by atoms with van der Waals surface area (Å²) in [7, 11) is 0. The number of aromatic nitrogens is 1. The smallest absolute Gasteiger partial charge is 0.251 e. The molecule has 3 aliphatic carbocycles. The molecule has 1 amide bonds. The van der Waals surface area contributed by atoms with Gasteiger partial charge in [-0.1, -0.05) is 6.07 Å². The number of aliphatic hydroxyl groups is 1. The van der Waals surface area contributed by atoms with Crippen LogP contribution in [0.15, 0.2) is 35.1 Å². The number of aromatic hydroxyl groups is 1. The average Bonchev–Trinajstić information content (AvgIpc) is 3.56. The van der Waals surface area contributed by atoms with Crippen molar-refractivity contribution in [2.24, 2.45) is 5.92 Å². The summed E-state index contributed by atoms with van der Waals surface area (Å²) in [5, 5.41) is 26.4. The Morgan fingerprint density at radius 1 is 1.26 bits per heavy atom. The van der Waals surface area contributed by atoms with Crippen LogP contribution in [0.25, 0.3) is 0 Å². The molecule has 5 atom stereocenters. The molecule has 0 radical (unpaired) electrons. The van der Waals surface area contributed by atoms with Gasteiger partial charge in [-0.2, -0.15) is 0 Å². The van der Waals surface area contributed by atoms with Crippen LogP contribution < -0.4 is 10.1 Å². The number of piperidine rings is 1. The van der Waals surface area contributed by atoms with Gasteiger partial charge in [0.05, 0.1) is 17.1 Å². The maximum atomic E-state index is 13.2. The van der Waals surface area contributed by atoms with E-state index in [1.54, 1.807) is 24.4 Å². The first kappa shape index (κ1) is 21.1. The lowest BCUT2D eigenvalue weighted by Crippen LogP contribution is -2.78. The number of nitrogens with one attached hydrogen (secondary N) is 1. The van der Waals surface area contributed by atoms with E-state index in [2.05, 4.69) is 31.1 Å². The monoisotopic (exact) mass is 525 g/mol. The van der Waals surface area contributed by atoms with E-state index >= 15 is 0 Å². The zero-order valence-corrected chi connectivity index (χ0v) is 20.4. The number of phenolic OH excluding ortho intramolecular Hbond substituents is 1. The fraction of sp³-hybridized carbons (Fsp3) is 0.538. The van der Waals surface area contributed by atoms with Crippen LogP contribution in [-0.4, -0.2) is 62.9 Å². The first-order valence-corrected chi connectivity index (χ1v) is 13.1. The molecule has 1 saturated heterocycles. The molecule has 1 aromatic carbocycles. The van der Waals surface area contributed by atoms with E-state index in [1.807, 2.05) is 6.07 Å². The summed E-state index contributed by atoms with van der Waals surface area (Å²) < 4.78 is 7.12. The lowest BCUT2D eigenvalue weighted by atomic mass is 9.48. The van der Waals surface area contributed by atoms with Gasteiger partial charge in [0, 0.05) is 29.9 Å². The quantitative estimate of drug-likeness (QED) is 0.531. The molecule has 3 fully saturated rings. The van der Waals surface area contributed by atoms with Crippen molar-refractivity contribution < 1.29 is 19.7 Å². The highest BCUT2D eigenvalue weighted by Gasteiger charge is 2.73. The zero-order valence-electron chi connectivity index (χ0n) is 18.8. The average molecular weight is 526 g/mol. The predicted octanol–water partition coefficient (Wildman–Crippen LogP) is 2.91. The van der Waals surface area contributed by atoms with Crippen LogP contribution in [0.2, 0.25) is 0 Å². The van der Waals surface area contributed by atoms with Crippen LogP contribution in [0.4, 0.5) is 0 Å². The van der Waals surface area contributed by atoms with Gasteiger partial charge in [-0.3, -0.25) is 9.69 Å². The minimum absolute atomic E-state index is 0.0312. The Kier molecular flexibility index (Phi) is 4.47. The van der Waals surface area contributed by atoms with E-state index in [0.29, 0.717) is 28.8 Å². The molecule has 8 heteroatoms. The van der Waals surface area contributed by atoms with Gasteiger partial charge in [-0.15, -0.1) is 0 Å². The summed E-state index contributed by atoms with van der Waals surface area (Å²) >= 11 is 3.34. The normalized spacial score (nSPS) is 35.4. The molecule has 2 saturated carbocycles. The Morgan fingerprint density at radius 3 is 2.91 bits per heavy atom. The Morgan fingerprint density at radius 2 is 2.12 bits per heavy atom. The molecule has 2 aliphatic heterocycles. The molecule has 2 bridgehead atoms. The highest BCUT2D eigenvalue weighted by atomic mass is 79.9. The van der Waals surface area contributed by atoms with Crippen molar-refractivity contribution in [1.29, 1.82) is 0 Å². The lowest BCUT2D eigenvalue weighted by Gasteiger charge is -2.64. The van der Waals surface area contributed by atoms with E-state index in [9.17, 15) is 15.0 Å². The van der Waals surface area contributed by atoms with Crippen molar-refractivity contribution in [2.75, 3.05) is 13.1 Å². The van der Waals surface area contributed by atoms with E-state index < -0.39 is 17.1 Å². The van der Waals surface area contributed by atoms with Gasteiger partial charge < -0.3 is 20.3 Å². The van der Waals surface area contributed by atoms with Gasteiger partial charge in [-0.25, -0.2) is 4.98 Å². The highest BCUT2D eigenvalue weighted by molar-refractivity contribution is 9.10. The fourth-order valence-electron chi connectivity index (χ4n) is 7.42. The van der Waals surface area contributed by atoms with E-state index in [0.717, 1.165) is 43.0 Å². The van der Waals surface area contributed by atoms with Gasteiger partial charge >= 0.3 is 0 Å². The molecule has 34 heavy (non-hydrogen) atoms. The van der Waals surface area contributed by atoms with Crippen LogP contribution in [0.1, 0.15) is 53.6 Å². The summed E-state index contributed by atoms with van der Waals surface area (Å²) in [6.45, 7) is 1.95. The maximum absolute atomic E-state index is 13.2. The largest absolute Gasteiger partial charge is 0.504 e. The van der Waals surface area contributed by atoms with Crippen LogP contribution in [0.3, 0.4) is 0 Å². The van der Waals surface area contributed by atoms with Crippen LogP contribution in [-0.2, 0) is 11.8 Å². The molecule has 178 valence electrons. The number of nitrogens with zero attached hydrogens (tertiary/aromatic N) is 2. The molecule has 1 spiro atoms. The number of rotatable bonds is 4. The maximum Gasteiger partial charge on any atom is 0.251 e. The number of halogens is 1. The first-order valence-electron chi connectivity index (χ1n) is 12.3. The van der Waals surface area contributed by atoms with Crippen LogP contribution in [0, 0.1) is 5.92 Å². The number of hydrogen-bond acceptors (Lipinski definition) is 6. The Hall–Kier alpha value is -2.16. The number of pyridine rings is 1. The molecule has 3 N–H and O–H groups in total. The molecule has 5 aliphatic rings. The van der Waals surface area contributed by atoms with Gasteiger partial charge in [0.15, 0.2) is 11.5 Å². The minimum atomic E-state index is -0.947. The minimum Gasteiger partial charge on any atom is -0.504 e. The molecule has 2 unspecified atom stereocenters. The predicted molar refractivity (Wildman–Crippen MR) is 128 cm³/mol. The summed E-state index contributed by atoms with van der Waals surface area (Å²) in [5.74, 6) is 1.19. The Labute approximate surface area is 206 Å². The molecule has 1 aromatic heterocycles. The summed E-state index contributed by atoms with van der Waals surface area (Å²) in [4.78, 5) is 19.8. The molecular formula is C26H28BrN3O4.